The average molecular weight is 235 g/mol. The Balaban J connectivity index is 2.06. The molecule has 0 aliphatic carbocycles. The summed E-state index contributed by atoms with van der Waals surface area (Å²) in [4.78, 5) is 17.6. The number of nitrogen functional groups attached to an aromatic ring is 1. The van der Waals surface area contributed by atoms with Crippen LogP contribution in [0.15, 0.2) is 18.2 Å². The number of hydrazine groups is 1. The molecule has 1 amide bonds. The van der Waals surface area contributed by atoms with Crippen LogP contribution in [0.2, 0.25) is 0 Å². The summed E-state index contributed by atoms with van der Waals surface area (Å²) in [5.41, 5.74) is 8.75. The highest BCUT2D eigenvalue weighted by molar-refractivity contribution is 5.80. The van der Waals surface area contributed by atoms with Crippen molar-refractivity contribution in [1.82, 2.24) is 9.88 Å². The number of amides is 1. The fourth-order valence-corrected chi connectivity index (χ4v) is 2.19. The number of pyridine rings is 1. The SMILES string of the molecule is NNc1cccc(CN2CCCC2C(N)=O)n1. The molecule has 0 spiro atoms. The molecule has 2 heterocycles. The molecule has 6 heteroatoms. The predicted octanol–water partition coefficient (Wildman–Crippen LogP) is -0.183. The summed E-state index contributed by atoms with van der Waals surface area (Å²) in [6.45, 7) is 1.51. The Kier molecular flexibility index (Phi) is 3.55. The number of nitrogens with one attached hydrogen (secondary N) is 1. The predicted molar refractivity (Wildman–Crippen MR) is 64.7 cm³/mol. The van der Waals surface area contributed by atoms with Gasteiger partial charge in [0.1, 0.15) is 5.82 Å². The van der Waals surface area contributed by atoms with Gasteiger partial charge >= 0.3 is 0 Å². The second kappa shape index (κ2) is 5.11. The van der Waals surface area contributed by atoms with Gasteiger partial charge in [0.05, 0.1) is 11.7 Å². The molecular weight excluding hydrogens is 218 g/mol. The number of nitrogens with two attached hydrogens (primary N) is 2. The summed E-state index contributed by atoms with van der Waals surface area (Å²) in [5, 5.41) is 0. The van der Waals surface area contributed by atoms with Crippen LogP contribution in [-0.4, -0.2) is 28.4 Å². The van der Waals surface area contributed by atoms with Gasteiger partial charge in [-0.15, -0.1) is 0 Å². The molecule has 6 nitrogen and oxygen atoms in total. The first kappa shape index (κ1) is 11.8. The number of likely N-dealkylation sites (tertiary alicyclic amines) is 1. The highest BCUT2D eigenvalue weighted by Crippen LogP contribution is 2.19. The van der Waals surface area contributed by atoms with Crippen LogP contribution >= 0.6 is 0 Å². The highest BCUT2D eigenvalue weighted by atomic mass is 16.1. The molecule has 17 heavy (non-hydrogen) atoms. The van der Waals surface area contributed by atoms with E-state index in [0.717, 1.165) is 25.1 Å². The van der Waals surface area contributed by atoms with Crippen molar-refractivity contribution in [3.05, 3.63) is 23.9 Å². The van der Waals surface area contributed by atoms with Crippen LogP contribution < -0.4 is 17.0 Å². The van der Waals surface area contributed by atoms with E-state index in [-0.39, 0.29) is 11.9 Å². The van der Waals surface area contributed by atoms with E-state index >= 15 is 0 Å². The number of carbonyl (C=O) groups is 1. The molecule has 0 radical (unpaired) electrons. The number of anilines is 1. The number of carbonyl (C=O) groups excluding carboxylic acids is 1. The maximum absolute atomic E-state index is 11.3. The van der Waals surface area contributed by atoms with E-state index in [0.29, 0.717) is 12.4 Å². The Morgan fingerprint density at radius 1 is 1.59 bits per heavy atom. The van der Waals surface area contributed by atoms with Gasteiger partial charge in [-0.3, -0.25) is 9.69 Å². The van der Waals surface area contributed by atoms with Crippen molar-refractivity contribution in [3.63, 3.8) is 0 Å². The normalized spacial score (nSPS) is 20.4. The molecule has 0 aromatic carbocycles. The minimum absolute atomic E-state index is 0.161. The van der Waals surface area contributed by atoms with Crippen LogP contribution in [0.1, 0.15) is 18.5 Å². The van der Waals surface area contributed by atoms with Crippen LogP contribution in [-0.2, 0) is 11.3 Å². The van der Waals surface area contributed by atoms with Crippen LogP contribution in [0, 0.1) is 0 Å². The van der Waals surface area contributed by atoms with Gasteiger partial charge < -0.3 is 11.2 Å². The molecule has 1 atom stereocenters. The Morgan fingerprint density at radius 2 is 2.41 bits per heavy atom. The average Bonchev–Trinajstić information content (AvgIpc) is 2.77. The fourth-order valence-electron chi connectivity index (χ4n) is 2.19. The minimum Gasteiger partial charge on any atom is -0.368 e. The fraction of sp³-hybridized carbons (Fsp3) is 0.455. The van der Waals surface area contributed by atoms with Crippen LogP contribution in [0.25, 0.3) is 0 Å². The largest absolute Gasteiger partial charge is 0.368 e. The summed E-state index contributed by atoms with van der Waals surface area (Å²) in [5.74, 6) is 5.67. The third kappa shape index (κ3) is 2.72. The van der Waals surface area contributed by atoms with Gasteiger partial charge in [0.15, 0.2) is 0 Å². The lowest BCUT2D eigenvalue weighted by atomic mass is 10.2. The van der Waals surface area contributed by atoms with Gasteiger partial charge in [0.2, 0.25) is 5.91 Å². The summed E-state index contributed by atoms with van der Waals surface area (Å²) >= 11 is 0. The molecule has 1 aromatic rings. The first-order chi connectivity index (χ1) is 8.20. The number of aromatic nitrogens is 1. The van der Waals surface area contributed by atoms with E-state index in [1.165, 1.54) is 0 Å². The van der Waals surface area contributed by atoms with E-state index in [1.54, 1.807) is 6.07 Å². The van der Waals surface area contributed by atoms with Gasteiger partial charge in [-0.2, -0.15) is 0 Å². The number of hydrogen-bond donors (Lipinski definition) is 3. The summed E-state index contributed by atoms with van der Waals surface area (Å²) in [6.07, 6.45) is 1.84. The van der Waals surface area contributed by atoms with Crippen molar-refractivity contribution in [3.8, 4) is 0 Å². The first-order valence-electron chi connectivity index (χ1n) is 5.66. The molecule has 0 bridgehead atoms. The lowest BCUT2D eigenvalue weighted by Crippen LogP contribution is -2.39. The van der Waals surface area contributed by atoms with E-state index in [4.69, 9.17) is 11.6 Å². The molecule has 1 aliphatic rings. The van der Waals surface area contributed by atoms with E-state index in [2.05, 4.69) is 15.3 Å². The van der Waals surface area contributed by atoms with Crippen LogP contribution in [0.3, 0.4) is 0 Å². The molecule has 5 N–H and O–H groups in total. The highest BCUT2D eigenvalue weighted by Gasteiger charge is 2.28. The second-order valence-electron chi connectivity index (χ2n) is 4.19. The van der Waals surface area contributed by atoms with Crippen LogP contribution in [0.4, 0.5) is 5.82 Å². The smallest absolute Gasteiger partial charge is 0.234 e. The maximum atomic E-state index is 11.3. The Morgan fingerprint density at radius 3 is 3.12 bits per heavy atom. The monoisotopic (exact) mass is 235 g/mol. The van der Waals surface area contributed by atoms with Gasteiger partial charge in [0, 0.05) is 6.54 Å². The third-order valence-electron chi connectivity index (χ3n) is 3.01. The molecule has 2 rings (SSSR count). The minimum atomic E-state index is -0.254. The third-order valence-corrected chi connectivity index (χ3v) is 3.01. The van der Waals surface area contributed by atoms with Crippen molar-refractivity contribution < 1.29 is 4.79 Å². The molecular formula is C11H17N5O. The van der Waals surface area contributed by atoms with E-state index in [9.17, 15) is 4.79 Å². The number of nitrogens with zero attached hydrogens (tertiary/aromatic N) is 2. The number of hydrogen-bond acceptors (Lipinski definition) is 5. The van der Waals surface area contributed by atoms with E-state index < -0.39 is 0 Å². The Bertz CT molecular complexity index is 409. The van der Waals surface area contributed by atoms with Crippen molar-refractivity contribution in [2.45, 2.75) is 25.4 Å². The molecule has 0 saturated carbocycles. The lowest BCUT2D eigenvalue weighted by Gasteiger charge is -2.21. The zero-order valence-corrected chi connectivity index (χ0v) is 9.60. The quantitative estimate of drug-likeness (QED) is 0.496. The van der Waals surface area contributed by atoms with Gasteiger partial charge in [-0.1, -0.05) is 6.07 Å². The number of primary amides is 1. The Hall–Kier alpha value is -1.66. The summed E-state index contributed by atoms with van der Waals surface area (Å²) < 4.78 is 0. The van der Waals surface area contributed by atoms with Gasteiger partial charge in [-0.25, -0.2) is 10.8 Å². The summed E-state index contributed by atoms with van der Waals surface area (Å²) in [6, 6.07) is 5.43. The molecule has 1 aliphatic heterocycles. The second-order valence-corrected chi connectivity index (χ2v) is 4.19. The summed E-state index contributed by atoms with van der Waals surface area (Å²) in [7, 11) is 0. The van der Waals surface area contributed by atoms with Crippen molar-refractivity contribution in [2.24, 2.45) is 11.6 Å². The molecule has 92 valence electrons. The molecule has 1 fully saturated rings. The van der Waals surface area contributed by atoms with E-state index in [1.807, 2.05) is 12.1 Å². The first-order valence-corrected chi connectivity index (χ1v) is 5.66. The standard InChI is InChI=1S/C11H17N5O/c12-11(17)9-4-2-6-16(9)7-8-3-1-5-10(14-8)15-13/h1,3,5,9H,2,4,6-7,13H2,(H2,12,17)(H,14,15). The van der Waals surface area contributed by atoms with Crippen molar-refractivity contribution in [2.75, 3.05) is 12.0 Å². The topological polar surface area (TPSA) is 97.3 Å². The van der Waals surface area contributed by atoms with Gasteiger partial charge in [0.25, 0.3) is 0 Å². The molecule has 1 saturated heterocycles. The molecule has 1 unspecified atom stereocenters. The maximum Gasteiger partial charge on any atom is 0.234 e. The van der Waals surface area contributed by atoms with Crippen molar-refractivity contribution >= 4 is 11.7 Å². The lowest BCUT2D eigenvalue weighted by molar-refractivity contribution is -0.122. The van der Waals surface area contributed by atoms with Crippen molar-refractivity contribution in [1.29, 1.82) is 0 Å². The number of rotatable bonds is 4. The zero-order valence-electron chi connectivity index (χ0n) is 9.60. The molecule has 1 aromatic heterocycles. The zero-order chi connectivity index (χ0) is 12.3. The Labute approximate surface area is 100.0 Å². The van der Waals surface area contributed by atoms with Crippen LogP contribution in [0.5, 0.6) is 0 Å². The van der Waals surface area contributed by atoms with Gasteiger partial charge in [-0.05, 0) is 31.5 Å².